The number of nitrogens with two attached hydrogens (primary N) is 1. The first kappa shape index (κ1) is 12.6. The molecule has 94 valence electrons. The first-order valence-electron chi connectivity index (χ1n) is 5.22. The van der Waals surface area contributed by atoms with Crippen LogP contribution < -0.4 is 5.73 Å². The molecule has 0 saturated carbocycles. The molecule has 18 heavy (non-hydrogen) atoms. The fourth-order valence-electron chi connectivity index (χ4n) is 1.60. The predicted molar refractivity (Wildman–Crippen MR) is 71.8 cm³/mol. The van der Waals surface area contributed by atoms with Crippen molar-refractivity contribution < 1.29 is 9.53 Å². The zero-order valence-corrected chi connectivity index (χ0v) is 11.6. The van der Waals surface area contributed by atoms with Crippen molar-refractivity contribution in [1.29, 1.82) is 0 Å². The number of hydrogen-bond donors (Lipinski definition) is 1. The maximum Gasteiger partial charge on any atom is 0.360 e. The molecule has 0 fully saturated rings. The standard InChI is InChI=1S/C12H12BrN3O2/c1-7-5-8(3-4-9(7)13)16-6-15-10(11(16)14)12(17)18-2/h3-6H,14H2,1-2H3. The molecule has 0 aliphatic heterocycles. The molecule has 0 bridgehead atoms. The maximum atomic E-state index is 11.4. The summed E-state index contributed by atoms with van der Waals surface area (Å²) in [7, 11) is 1.30. The van der Waals surface area contributed by atoms with Crippen LogP contribution in [0.4, 0.5) is 5.82 Å². The zero-order valence-electron chi connectivity index (χ0n) is 9.98. The Morgan fingerprint density at radius 2 is 2.22 bits per heavy atom. The van der Waals surface area contributed by atoms with Gasteiger partial charge in [0.05, 0.1) is 7.11 Å². The Morgan fingerprint density at radius 3 is 2.83 bits per heavy atom. The lowest BCUT2D eigenvalue weighted by Gasteiger charge is -2.07. The number of ether oxygens (including phenoxy) is 1. The highest BCUT2D eigenvalue weighted by atomic mass is 79.9. The van der Waals surface area contributed by atoms with Crippen molar-refractivity contribution in [2.45, 2.75) is 6.92 Å². The van der Waals surface area contributed by atoms with Crippen molar-refractivity contribution in [2.75, 3.05) is 12.8 Å². The molecule has 2 N–H and O–H groups in total. The van der Waals surface area contributed by atoms with Gasteiger partial charge in [0.15, 0.2) is 5.69 Å². The van der Waals surface area contributed by atoms with Gasteiger partial charge in [-0.05, 0) is 30.7 Å². The summed E-state index contributed by atoms with van der Waals surface area (Å²) >= 11 is 3.43. The smallest absolute Gasteiger partial charge is 0.360 e. The number of aryl methyl sites for hydroxylation is 1. The number of anilines is 1. The summed E-state index contributed by atoms with van der Waals surface area (Å²) in [5.41, 5.74) is 7.92. The van der Waals surface area contributed by atoms with Crippen LogP contribution in [0.15, 0.2) is 29.0 Å². The van der Waals surface area contributed by atoms with Crippen LogP contribution in [0.3, 0.4) is 0 Å². The van der Waals surface area contributed by atoms with Crippen LogP contribution in [0, 0.1) is 6.92 Å². The van der Waals surface area contributed by atoms with Crippen molar-refractivity contribution in [3.05, 3.63) is 40.3 Å². The quantitative estimate of drug-likeness (QED) is 0.864. The van der Waals surface area contributed by atoms with Crippen LogP contribution in [0.25, 0.3) is 5.69 Å². The van der Waals surface area contributed by atoms with Crippen molar-refractivity contribution in [1.82, 2.24) is 9.55 Å². The van der Waals surface area contributed by atoms with E-state index in [4.69, 9.17) is 5.73 Å². The SMILES string of the molecule is COC(=O)c1ncn(-c2ccc(Br)c(C)c2)c1N. The Morgan fingerprint density at radius 1 is 1.50 bits per heavy atom. The van der Waals surface area contributed by atoms with Crippen molar-refractivity contribution in [3.63, 3.8) is 0 Å². The Hall–Kier alpha value is -1.82. The van der Waals surface area contributed by atoms with Gasteiger partial charge in [0.2, 0.25) is 0 Å². The summed E-state index contributed by atoms with van der Waals surface area (Å²) in [4.78, 5) is 15.4. The number of nitrogens with zero attached hydrogens (tertiary/aromatic N) is 2. The molecule has 1 heterocycles. The van der Waals surface area contributed by atoms with Crippen LogP contribution in [-0.2, 0) is 4.74 Å². The molecule has 1 aromatic carbocycles. The Bertz CT molecular complexity index is 607. The number of carbonyl (C=O) groups excluding carboxylic acids is 1. The van der Waals surface area contributed by atoms with Gasteiger partial charge in [-0.1, -0.05) is 15.9 Å². The normalized spacial score (nSPS) is 10.4. The molecular weight excluding hydrogens is 298 g/mol. The zero-order chi connectivity index (χ0) is 13.3. The van der Waals surface area contributed by atoms with Crippen LogP contribution in [0.1, 0.15) is 16.1 Å². The number of halogens is 1. The van der Waals surface area contributed by atoms with E-state index < -0.39 is 5.97 Å². The minimum atomic E-state index is -0.542. The molecule has 0 aliphatic carbocycles. The average Bonchev–Trinajstić information content (AvgIpc) is 2.74. The first-order chi connectivity index (χ1) is 8.54. The third-order valence-corrected chi connectivity index (χ3v) is 3.49. The van der Waals surface area contributed by atoms with E-state index in [9.17, 15) is 4.79 Å². The number of esters is 1. The number of imidazole rings is 1. The van der Waals surface area contributed by atoms with Crippen molar-refractivity contribution in [2.24, 2.45) is 0 Å². The number of carbonyl (C=O) groups is 1. The highest BCUT2D eigenvalue weighted by Crippen LogP contribution is 2.22. The molecule has 6 heteroatoms. The largest absolute Gasteiger partial charge is 0.464 e. The number of nitrogen functional groups attached to an aromatic ring is 1. The molecule has 2 aromatic rings. The second-order valence-corrected chi connectivity index (χ2v) is 4.63. The Kier molecular flexibility index (Phi) is 3.38. The lowest BCUT2D eigenvalue weighted by atomic mass is 10.2. The number of aromatic nitrogens is 2. The highest BCUT2D eigenvalue weighted by Gasteiger charge is 2.16. The topological polar surface area (TPSA) is 70.1 Å². The molecule has 0 radical (unpaired) electrons. The van der Waals surface area contributed by atoms with Gasteiger partial charge in [0.25, 0.3) is 0 Å². The second-order valence-electron chi connectivity index (χ2n) is 3.77. The summed E-state index contributed by atoms with van der Waals surface area (Å²) in [6, 6.07) is 5.75. The molecule has 0 aliphatic rings. The van der Waals surface area contributed by atoms with E-state index in [1.165, 1.54) is 13.4 Å². The third kappa shape index (κ3) is 2.11. The fraction of sp³-hybridized carbons (Fsp3) is 0.167. The maximum absolute atomic E-state index is 11.4. The van der Waals surface area contributed by atoms with E-state index in [1.807, 2.05) is 25.1 Å². The number of benzene rings is 1. The summed E-state index contributed by atoms with van der Waals surface area (Å²) in [6.07, 6.45) is 1.50. The monoisotopic (exact) mass is 309 g/mol. The Balaban J connectivity index is 2.48. The molecule has 1 aromatic heterocycles. The van der Waals surface area contributed by atoms with E-state index >= 15 is 0 Å². The molecule has 2 rings (SSSR count). The molecule has 0 unspecified atom stereocenters. The van der Waals surface area contributed by atoms with Gasteiger partial charge in [-0.3, -0.25) is 4.57 Å². The third-order valence-electron chi connectivity index (χ3n) is 2.60. The van der Waals surface area contributed by atoms with Gasteiger partial charge >= 0.3 is 5.97 Å². The fourth-order valence-corrected chi connectivity index (χ4v) is 1.84. The molecule has 0 saturated heterocycles. The summed E-state index contributed by atoms with van der Waals surface area (Å²) in [6.45, 7) is 1.97. The number of hydrogen-bond acceptors (Lipinski definition) is 4. The van der Waals surface area contributed by atoms with Gasteiger partial charge < -0.3 is 10.5 Å². The van der Waals surface area contributed by atoms with Gasteiger partial charge in [0, 0.05) is 10.2 Å². The summed E-state index contributed by atoms with van der Waals surface area (Å²) in [5, 5.41) is 0. The second kappa shape index (κ2) is 4.81. The van der Waals surface area contributed by atoms with Gasteiger partial charge in [-0.25, -0.2) is 9.78 Å². The van der Waals surface area contributed by atoms with Crippen LogP contribution >= 0.6 is 15.9 Å². The van der Waals surface area contributed by atoms with Gasteiger partial charge in [-0.2, -0.15) is 0 Å². The van der Waals surface area contributed by atoms with Gasteiger partial charge in [-0.15, -0.1) is 0 Å². The van der Waals surface area contributed by atoms with E-state index in [0.717, 1.165) is 15.7 Å². The van der Waals surface area contributed by atoms with E-state index in [1.54, 1.807) is 4.57 Å². The summed E-state index contributed by atoms with van der Waals surface area (Å²) in [5.74, 6) is -0.274. The number of rotatable bonds is 2. The molecule has 0 amide bonds. The van der Waals surface area contributed by atoms with E-state index in [2.05, 4.69) is 25.7 Å². The number of methoxy groups -OCH3 is 1. The van der Waals surface area contributed by atoms with Crippen LogP contribution in [-0.4, -0.2) is 22.6 Å². The molecule has 0 atom stereocenters. The molecule has 0 spiro atoms. The first-order valence-corrected chi connectivity index (χ1v) is 6.01. The minimum absolute atomic E-state index is 0.123. The van der Waals surface area contributed by atoms with Crippen LogP contribution in [0.2, 0.25) is 0 Å². The molecule has 5 nitrogen and oxygen atoms in total. The van der Waals surface area contributed by atoms with E-state index in [0.29, 0.717) is 0 Å². The summed E-state index contributed by atoms with van der Waals surface area (Å²) < 4.78 is 7.26. The average molecular weight is 310 g/mol. The Labute approximate surface area is 113 Å². The highest BCUT2D eigenvalue weighted by molar-refractivity contribution is 9.10. The lowest BCUT2D eigenvalue weighted by Crippen LogP contribution is -2.07. The van der Waals surface area contributed by atoms with Crippen LogP contribution in [0.5, 0.6) is 0 Å². The van der Waals surface area contributed by atoms with Crippen molar-refractivity contribution >= 4 is 27.7 Å². The lowest BCUT2D eigenvalue weighted by molar-refractivity contribution is 0.0596. The molecular formula is C12H12BrN3O2. The van der Waals surface area contributed by atoms with Gasteiger partial charge in [0.1, 0.15) is 12.1 Å². The van der Waals surface area contributed by atoms with Crippen molar-refractivity contribution in [3.8, 4) is 5.69 Å². The van der Waals surface area contributed by atoms with E-state index in [-0.39, 0.29) is 11.5 Å². The predicted octanol–water partition coefficient (Wildman–Crippen LogP) is 2.31. The minimum Gasteiger partial charge on any atom is -0.464 e.